The molecule has 8 heavy (non-hydrogen) atoms. The van der Waals surface area contributed by atoms with Crippen LogP contribution in [0.15, 0.2) is 0 Å². The maximum absolute atomic E-state index is 4.74. The molecule has 0 aromatic heterocycles. The fourth-order valence-electron chi connectivity index (χ4n) is 0.289. The van der Waals surface area contributed by atoms with E-state index >= 15 is 0 Å². The van der Waals surface area contributed by atoms with Crippen LogP contribution in [0.1, 0.15) is 0 Å². The molecule has 0 aliphatic heterocycles. The molecule has 5 heteroatoms. The van der Waals surface area contributed by atoms with Crippen LogP contribution in [0, 0.1) is 0 Å². The van der Waals surface area contributed by atoms with E-state index in [4.69, 9.17) is 13.3 Å². The Balaban J connectivity index is 0. The molecular weight excluding hydrogens is 213 g/mol. The molecule has 0 aliphatic carbocycles. The third-order valence-electron chi connectivity index (χ3n) is 0.577. The van der Waals surface area contributed by atoms with E-state index in [1.807, 2.05) is 0 Å². The maximum Gasteiger partial charge on any atom is 0.483 e. The van der Waals surface area contributed by atoms with E-state index in [0.717, 1.165) is 0 Å². The Morgan fingerprint density at radius 3 is 1.12 bits per heavy atom. The fraction of sp³-hybridized carbons (Fsp3) is 1.00. The molecule has 0 bridgehead atoms. The van der Waals surface area contributed by atoms with Crippen molar-refractivity contribution in [1.29, 1.82) is 0 Å². The van der Waals surface area contributed by atoms with Gasteiger partial charge < -0.3 is 13.3 Å². The van der Waals surface area contributed by atoms with Crippen molar-refractivity contribution in [2.45, 2.75) is 0 Å². The summed E-state index contributed by atoms with van der Waals surface area (Å²) in [6, 6.07) is 0. The van der Waals surface area contributed by atoms with E-state index in [0.29, 0.717) is 0 Å². The van der Waals surface area contributed by atoms with E-state index in [1.165, 1.54) is 0 Å². The van der Waals surface area contributed by atoms with Crippen LogP contribution in [0.4, 0.5) is 0 Å². The molecule has 0 saturated heterocycles. The minimum atomic E-state index is -1.67. The Bertz CT molecular complexity index is 36.0. The summed E-state index contributed by atoms with van der Waals surface area (Å²) >= 11 is 0. The summed E-state index contributed by atoms with van der Waals surface area (Å²) in [7, 11) is 3.05. The van der Waals surface area contributed by atoms with Crippen LogP contribution >= 0.6 is 0 Å². The second-order valence-corrected chi connectivity index (χ2v) is 2.99. The van der Waals surface area contributed by atoms with Gasteiger partial charge in [-0.1, -0.05) is 0 Å². The van der Waals surface area contributed by atoms with E-state index in [2.05, 4.69) is 0 Å². The number of hydrogen-bond acceptors (Lipinski definition) is 3. The summed E-state index contributed by atoms with van der Waals surface area (Å²) in [6.45, 7) is 0. The summed E-state index contributed by atoms with van der Waals surface area (Å²) in [5.74, 6) is 0. The number of rotatable bonds is 3. The van der Waals surface area contributed by atoms with Crippen molar-refractivity contribution in [3.8, 4) is 0 Å². The Morgan fingerprint density at radius 1 is 0.875 bits per heavy atom. The van der Waals surface area contributed by atoms with Crippen molar-refractivity contribution in [3.63, 3.8) is 0 Å². The normalized spacial score (nSPS) is 9.00. The van der Waals surface area contributed by atoms with E-state index in [1.54, 1.807) is 21.3 Å². The Hall–Kier alpha value is 0.720. The van der Waals surface area contributed by atoms with Crippen LogP contribution < -0.4 is 0 Å². The largest absolute Gasteiger partial charge is 0.483 e. The predicted octanol–water partition coefficient (Wildman–Crippen LogP) is -0.360. The molecule has 0 rings (SSSR count). The summed E-state index contributed by atoms with van der Waals surface area (Å²) in [4.78, 5) is 0. The van der Waals surface area contributed by atoms with Crippen LogP contribution in [0.25, 0.3) is 0 Å². The van der Waals surface area contributed by atoms with Gasteiger partial charge in [-0.05, 0) is 0 Å². The molecular formula is C3H10O3RuSi. The molecule has 0 atom stereocenters. The monoisotopic (exact) mass is 224 g/mol. The molecule has 3 nitrogen and oxygen atoms in total. The minimum Gasteiger partial charge on any atom is -0.379 e. The van der Waals surface area contributed by atoms with E-state index < -0.39 is 9.53 Å². The van der Waals surface area contributed by atoms with Gasteiger partial charge in [0.1, 0.15) is 0 Å². The molecule has 0 amide bonds. The molecule has 0 N–H and O–H groups in total. The zero-order valence-corrected chi connectivity index (χ0v) is 8.05. The average molecular weight is 223 g/mol. The first-order valence-electron chi connectivity index (χ1n) is 1.93. The van der Waals surface area contributed by atoms with Crippen LogP contribution in [-0.4, -0.2) is 30.9 Å². The minimum absolute atomic E-state index is 0. The van der Waals surface area contributed by atoms with Gasteiger partial charge in [0.2, 0.25) is 0 Å². The quantitative estimate of drug-likeness (QED) is 0.612. The third kappa shape index (κ3) is 4.87. The first-order valence-corrected chi connectivity index (χ1v) is 3.35. The smallest absolute Gasteiger partial charge is 0.379 e. The average Bonchev–Trinajstić information content (AvgIpc) is 1.72. The zero-order valence-electron chi connectivity index (χ0n) is 5.16. The maximum atomic E-state index is 4.74. The molecule has 0 heterocycles. The molecule has 0 spiro atoms. The molecule has 0 unspecified atom stereocenters. The summed E-state index contributed by atoms with van der Waals surface area (Å²) < 4.78 is 14.2. The topological polar surface area (TPSA) is 27.7 Å². The van der Waals surface area contributed by atoms with Gasteiger partial charge in [0.05, 0.1) is 0 Å². The van der Waals surface area contributed by atoms with Crippen molar-refractivity contribution in [1.82, 2.24) is 0 Å². The van der Waals surface area contributed by atoms with Crippen molar-refractivity contribution in [2.24, 2.45) is 0 Å². The van der Waals surface area contributed by atoms with Crippen molar-refractivity contribution in [2.75, 3.05) is 21.3 Å². The second-order valence-electron chi connectivity index (χ2n) is 0.996. The molecule has 52 valence electrons. The Morgan fingerprint density at radius 2 is 1.12 bits per heavy atom. The van der Waals surface area contributed by atoms with E-state index in [-0.39, 0.29) is 19.5 Å². The van der Waals surface area contributed by atoms with Crippen molar-refractivity contribution in [3.05, 3.63) is 0 Å². The van der Waals surface area contributed by atoms with Gasteiger partial charge in [0.15, 0.2) is 0 Å². The molecule has 0 radical (unpaired) electrons. The SMILES string of the molecule is CO[SiH](OC)OC.[Ru]. The van der Waals surface area contributed by atoms with Gasteiger partial charge >= 0.3 is 9.53 Å². The Labute approximate surface area is 64.0 Å². The molecule has 0 fully saturated rings. The first kappa shape index (κ1) is 11.5. The fourth-order valence-corrected chi connectivity index (χ4v) is 0.866. The molecule has 0 aliphatic rings. The Kier molecular flexibility index (Phi) is 11.1. The van der Waals surface area contributed by atoms with Crippen LogP contribution in [0.5, 0.6) is 0 Å². The van der Waals surface area contributed by atoms with Gasteiger partial charge in [0, 0.05) is 40.8 Å². The predicted molar refractivity (Wildman–Crippen MR) is 28.2 cm³/mol. The van der Waals surface area contributed by atoms with E-state index in [9.17, 15) is 0 Å². The van der Waals surface area contributed by atoms with Gasteiger partial charge in [-0.25, -0.2) is 0 Å². The summed E-state index contributed by atoms with van der Waals surface area (Å²) in [5, 5.41) is 0. The first-order chi connectivity index (χ1) is 3.35. The standard InChI is InChI=1S/C3H10O3Si.Ru/c1-4-7(5-2)6-3;/h7H,1-3H3;. The van der Waals surface area contributed by atoms with Gasteiger partial charge in [-0.15, -0.1) is 0 Å². The summed E-state index contributed by atoms with van der Waals surface area (Å²) in [5.41, 5.74) is 0. The van der Waals surface area contributed by atoms with Crippen LogP contribution in [0.2, 0.25) is 0 Å². The van der Waals surface area contributed by atoms with Gasteiger partial charge in [-0.2, -0.15) is 0 Å². The van der Waals surface area contributed by atoms with Crippen LogP contribution in [-0.2, 0) is 32.8 Å². The molecule has 0 aromatic rings. The van der Waals surface area contributed by atoms with Crippen LogP contribution in [0.3, 0.4) is 0 Å². The third-order valence-corrected chi connectivity index (χ3v) is 1.73. The van der Waals surface area contributed by atoms with Crippen molar-refractivity contribution >= 4 is 9.53 Å². The number of hydrogen-bond donors (Lipinski definition) is 0. The van der Waals surface area contributed by atoms with Gasteiger partial charge in [0.25, 0.3) is 0 Å². The van der Waals surface area contributed by atoms with Crippen molar-refractivity contribution < 1.29 is 32.8 Å². The molecule has 0 aromatic carbocycles. The summed E-state index contributed by atoms with van der Waals surface area (Å²) in [6.07, 6.45) is 0. The van der Waals surface area contributed by atoms with Gasteiger partial charge in [-0.3, -0.25) is 0 Å². The zero-order chi connectivity index (χ0) is 5.70. The second kappa shape index (κ2) is 7.72. The molecule has 0 saturated carbocycles.